The van der Waals surface area contributed by atoms with Crippen LogP contribution in [-0.2, 0) is 70.7 Å². The molecule has 0 saturated carbocycles. The van der Waals surface area contributed by atoms with Crippen LogP contribution < -0.4 is 0 Å². The number of aryl methyl sites for hydroxylation is 1. The first-order valence-corrected chi connectivity index (χ1v) is 19.0. The summed E-state index contributed by atoms with van der Waals surface area (Å²) in [5, 5.41) is 0. The molecule has 7 atom stereocenters. The Morgan fingerprint density at radius 1 is 0.722 bits per heavy atom. The molecule has 0 aromatic heterocycles. The molecule has 2 fully saturated rings. The van der Waals surface area contributed by atoms with Crippen molar-refractivity contribution in [1.82, 2.24) is 0 Å². The second-order valence-electron chi connectivity index (χ2n) is 14.5. The van der Waals surface area contributed by atoms with Crippen molar-refractivity contribution in [2.24, 2.45) is 0 Å². The monoisotopic (exact) mass is 738 g/mol. The number of benzene rings is 4. The fourth-order valence-electron chi connectivity index (χ4n) is 7.05. The molecule has 2 saturated heterocycles. The highest BCUT2D eigenvalue weighted by Crippen LogP contribution is 2.35. The first-order chi connectivity index (χ1) is 26.4. The van der Waals surface area contributed by atoms with Gasteiger partial charge < -0.3 is 37.9 Å². The van der Waals surface area contributed by atoms with Gasteiger partial charge in [0.15, 0.2) is 18.2 Å². The van der Waals surface area contributed by atoms with Gasteiger partial charge in [0.05, 0.1) is 46.2 Å². The lowest BCUT2D eigenvalue weighted by Gasteiger charge is -2.37. The fourth-order valence-corrected chi connectivity index (χ4v) is 7.05. The van der Waals surface area contributed by atoms with Gasteiger partial charge in [-0.15, -0.1) is 0 Å². The van der Waals surface area contributed by atoms with Crippen molar-refractivity contribution in [2.75, 3.05) is 19.8 Å². The van der Waals surface area contributed by atoms with Gasteiger partial charge in [0.25, 0.3) is 0 Å². The third-order valence-electron chi connectivity index (χ3n) is 9.96. The topological polar surface area (TPSA) is 73.8 Å². The summed E-state index contributed by atoms with van der Waals surface area (Å²) in [7, 11) is 0. The summed E-state index contributed by atoms with van der Waals surface area (Å²) in [4.78, 5) is 0. The summed E-state index contributed by atoms with van der Waals surface area (Å²) in [6.07, 6.45) is 0.384. The molecule has 3 aliphatic rings. The Hall–Kier alpha value is -3.77. The van der Waals surface area contributed by atoms with Gasteiger partial charge in [-0.3, -0.25) is 0 Å². The molecule has 2 heterocycles. The highest BCUT2D eigenvalue weighted by atomic mass is 19.1. The van der Waals surface area contributed by atoms with Gasteiger partial charge >= 0.3 is 0 Å². The third-order valence-corrected chi connectivity index (χ3v) is 9.96. The van der Waals surface area contributed by atoms with Crippen molar-refractivity contribution >= 4 is 6.08 Å². The largest absolute Gasteiger partial charge is 0.374 e. The van der Waals surface area contributed by atoms with Gasteiger partial charge in [0.2, 0.25) is 0 Å². The first-order valence-electron chi connectivity index (χ1n) is 19.0. The number of hydrogen-bond donors (Lipinski definition) is 0. The van der Waals surface area contributed by atoms with Gasteiger partial charge in [0.1, 0.15) is 30.5 Å². The van der Waals surface area contributed by atoms with Crippen molar-refractivity contribution < 1.29 is 42.3 Å². The summed E-state index contributed by atoms with van der Waals surface area (Å²) < 4.78 is 66.4. The predicted molar refractivity (Wildman–Crippen MR) is 203 cm³/mol. The van der Waals surface area contributed by atoms with Crippen LogP contribution in [0.4, 0.5) is 4.39 Å². The van der Waals surface area contributed by atoms with Crippen LogP contribution >= 0.6 is 0 Å². The zero-order chi connectivity index (χ0) is 37.2. The van der Waals surface area contributed by atoms with Crippen LogP contribution in [0.3, 0.4) is 0 Å². The predicted octanol–water partition coefficient (Wildman–Crippen LogP) is 8.15. The summed E-state index contributed by atoms with van der Waals surface area (Å²) in [5.74, 6) is -0.916. The van der Waals surface area contributed by atoms with Crippen LogP contribution in [-0.4, -0.2) is 68.6 Å². The Morgan fingerprint density at radius 2 is 1.33 bits per heavy atom. The smallest absolute Gasteiger partial charge is 0.192 e. The zero-order valence-corrected chi connectivity index (χ0v) is 31.1. The molecule has 9 heteroatoms. The van der Waals surface area contributed by atoms with Gasteiger partial charge in [-0.2, -0.15) is 0 Å². The molecule has 2 aliphatic heterocycles. The lowest BCUT2D eigenvalue weighted by Crippen LogP contribution is -2.49. The number of fused-ring (bicyclic) bond motifs is 2. The molecule has 0 N–H and O–H groups in total. The van der Waals surface area contributed by atoms with E-state index in [2.05, 4.69) is 30.4 Å². The van der Waals surface area contributed by atoms with E-state index in [-0.39, 0.29) is 33.0 Å². The van der Waals surface area contributed by atoms with E-state index in [1.165, 1.54) is 11.1 Å². The molecule has 4 aromatic carbocycles. The third kappa shape index (κ3) is 10.5. The minimum Gasteiger partial charge on any atom is -0.374 e. The second-order valence-corrected chi connectivity index (χ2v) is 14.5. The maximum Gasteiger partial charge on any atom is 0.192 e. The Labute approximate surface area is 318 Å². The molecule has 0 spiro atoms. The normalized spacial score (nSPS) is 23.3. The van der Waals surface area contributed by atoms with E-state index in [4.69, 9.17) is 37.9 Å². The lowest BCUT2D eigenvalue weighted by atomic mass is 9.96. The van der Waals surface area contributed by atoms with E-state index in [9.17, 15) is 0 Å². The van der Waals surface area contributed by atoms with Crippen molar-refractivity contribution in [1.29, 1.82) is 0 Å². The van der Waals surface area contributed by atoms with Crippen molar-refractivity contribution in [3.05, 3.63) is 149 Å². The SMILES string of the molecule is CC1(C)OCC2OC(OCC(OCc3ccccc3)C(OCc3ccccc3)C(COCc3ccc4c(c3)CCC=C4)OCc3ccccc3)C(F)C2O1. The molecule has 4 aromatic rings. The molecule has 0 bridgehead atoms. The van der Waals surface area contributed by atoms with E-state index in [0.717, 1.165) is 35.1 Å². The molecule has 1 aliphatic carbocycles. The minimum absolute atomic E-state index is 0.0371. The van der Waals surface area contributed by atoms with Crippen molar-refractivity contribution in [3.8, 4) is 0 Å². The van der Waals surface area contributed by atoms with Crippen LogP contribution in [0, 0.1) is 0 Å². The number of alkyl halides is 1. The minimum atomic E-state index is -1.52. The number of halogens is 1. The molecule has 8 nitrogen and oxygen atoms in total. The molecular weight excluding hydrogens is 687 g/mol. The van der Waals surface area contributed by atoms with Crippen molar-refractivity contribution in [3.63, 3.8) is 0 Å². The van der Waals surface area contributed by atoms with E-state index in [0.29, 0.717) is 13.2 Å². The first kappa shape index (κ1) is 38.5. The lowest BCUT2D eigenvalue weighted by molar-refractivity contribution is -0.299. The van der Waals surface area contributed by atoms with Gasteiger partial charge in [-0.1, -0.05) is 121 Å². The number of hydrogen-bond acceptors (Lipinski definition) is 8. The van der Waals surface area contributed by atoms with Crippen LogP contribution in [0.15, 0.2) is 115 Å². The van der Waals surface area contributed by atoms with E-state index in [1.54, 1.807) is 13.8 Å². The highest BCUT2D eigenvalue weighted by Gasteiger charge is 2.52. The average molecular weight is 739 g/mol. The van der Waals surface area contributed by atoms with Crippen LogP contribution in [0.25, 0.3) is 6.08 Å². The maximum absolute atomic E-state index is 15.9. The summed E-state index contributed by atoms with van der Waals surface area (Å²) in [6.45, 7) is 5.22. The van der Waals surface area contributed by atoms with Crippen LogP contribution in [0.1, 0.15) is 53.6 Å². The fraction of sp³-hybridized carbons (Fsp3) is 0.422. The molecule has 286 valence electrons. The Bertz CT molecular complexity index is 1750. The van der Waals surface area contributed by atoms with Gasteiger partial charge in [0, 0.05) is 0 Å². The maximum atomic E-state index is 15.9. The molecule has 0 amide bonds. The second kappa shape index (κ2) is 18.7. The van der Waals surface area contributed by atoms with Crippen LogP contribution in [0.5, 0.6) is 0 Å². The van der Waals surface area contributed by atoms with Gasteiger partial charge in [-0.05, 0) is 60.1 Å². The number of rotatable bonds is 18. The van der Waals surface area contributed by atoms with Gasteiger partial charge in [-0.25, -0.2) is 4.39 Å². The number of ether oxygens (including phenoxy) is 8. The molecule has 7 unspecified atom stereocenters. The quantitative estimate of drug-likeness (QED) is 0.101. The van der Waals surface area contributed by atoms with E-state index < -0.39 is 48.8 Å². The van der Waals surface area contributed by atoms with E-state index >= 15 is 4.39 Å². The zero-order valence-electron chi connectivity index (χ0n) is 31.1. The number of allylic oxidation sites excluding steroid dienone is 1. The summed E-state index contributed by atoms with van der Waals surface area (Å²) in [5.41, 5.74) is 6.65. The molecule has 0 radical (unpaired) electrons. The van der Waals surface area contributed by atoms with Crippen LogP contribution in [0.2, 0.25) is 0 Å². The Balaban J connectivity index is 1.14. The Morgan fingerprint density at radius 3 is 1.98 bits per heavy atom. The summed E-state index contributed by atoms with van der Waals surface area (Å²) >= 11 is 0. The standard InChI is InChI=1S/C45H51FO8/c1-45(2)52-31-40-43(54-45)41(46)44(53-40)51-30-39(49-27-33-16-8-4-9-17-33)42(50-28-34-18-10-5-11-19-34)38(48-26-32-14-6-3-7-15-32)29-47-25-35-22-23-36-20-12-13-21-37(36)24-35/h3-12,14-20,22-24,38-44H,13,21,25-31H2,1-2H3. The summed E-state index contributed by atoms with van der Waals surface area (Å²) in [6, 6.07) is 36.4. The molecule has 7 rings (SSSR count). The Kier molecular flexibility index (Phi) is 13.3. The average Bonchev–Trinajstić information content (AvgIpc) is 3.51. The molecular formula is C45H51FO8. The highest BCUT2D eigenvalue weighted by molar-refractivity contribution is 5.56. The molecule has 54 heavy (non-hydrogen) atoms. The van der Waals surface area contributed by atoms with Crippen molar-refractivity contribution in [2.45, 2.75) is 102 Å². The van der Waals surface area contributed by atoms with E-state index in [1.807, 2.05) is 91.0 Å².